The maximum atomic E-state index is 13.1. The van der Waals surface area contributed by atoms with Crippen molar-refractivity contribution in [2.24, 2.45) is 5.92 Å². The van der Waals surface area contributed by atoms with Crippen LogP contribution in [-0.4, -0.2) is 40.0 Å². The molecule has 6 nitrogen and oxygen atoms in total. The highest BCUT2D eigenvalue weighted by atomic mass is 19.1. The van der Waals surface area contributed by atoms with Crippen LogP contribution in [0, 0.1) is 18.7 Å². The van der Waals surface area contributed by atoms with E-state index in [0.29, 0.717) is 36.2 Å². The zero-order valence-corrected chi connectivity index (χ0v) is 15.3. The Morgan fingerprint density at radius 1 is 1.30 bits per heavy atom. The standard InChI is InChI=1S/C20H23FN4O2/c1-14-11-17(21)5-6-18(14)24-19(26)7-4-15-3-2-10-25(13-15)20(27)16-8-9-22-23-12-16/h5-6,8-9,11-12,15H,2-4,7,10,13H2,1H3,(H,24,26)/t15-/m0/s1. The second-order valence-electron chi connectivity index (χ2n) is 6.94. The lowest BCUT2D eigenvalue weighted by molar-refractivity contribution is -0.116. The fourth-order valence-corrected chi connectivity index (χ4v) is 3.40. The Hall–Kier alpha value is -2.83. The molecule has 1 aromatic heterocycles. The predicted molar refractivity (Wildman–Crippen MR) is 99.7 cm³/mol. The van der Waals surface area contributed by atoms with Gasteiger partial charge < -0.3 is 10.2 Å². The van der Waals surface area contributed by atoms with Gasteiger partial charge in [0.15, 0.2) is 0 Å². The van der Waals surface area contributed by atoms with Crippen molar-refractivity contribution in [3.8, 4) is 0 Å². The quantitative estimate of drug-likeness (QED) is 0.877. The van der Waals surface area contributed by atoms with Crippen LogP contribution < -0.4 is 5.32 Å². The van der Waals surface area contributed by atoms with Crippen LogP contribution in [0.25, 0.3) is 0 Å². The van der Waals surface area contributed by atoms with E-state index in [4.69, 9.17) is 0 Å². The summed E-state index contributed by atoms with van der Waals surface area (Å²) in [7, 11) is 0. The van der Waals surface area contributed by atoms with Gasteiger partial charge in [0.2, 0.25) is 5.91 Å². The van der Waals surface area contributed by atoms with E-state index in [1.165, 1.54) is 24.5 Å². The van der Waals surface area contributed by atoms with Gasteiger partial charge in [0, 0.05) is 25.2 Å². The smallest absolute Gasteiger partial charge is 0.255 e. The largest absolute Gasteiger partial charge is 0.338 e. The minimum atomic E-state index is -0.318. The van der Waals surface area contributed by atoms with E-state index in [1.807, 2.05) is 4.90 Å². The van der Waals surface area contributed by atoms with E-state index < -0.39 is 0 Å². The normalized spacial score (nSPS) is 16.8. The molecule has 2 heterocycles. The molecule has 1 saturated heterocycles. The van der Waals surface area contributed by atoms with Gasteiger partial charge in [-0.1, -0.05) is 0 Å². The van der Waals surface area contributed by atoms with Gasteiger partial charge >= 0.3 is 0 Å². The van der Waals surface area contributed by atoms with Crippen LogP contribution in [0.3, 0.4) is 0 Å². The summed E-state index contributed by atoms with van der Waals surface area (Å²) in [6.45, 7) is 3.12. The Bertz CT molecular complexity index is 813. The van der Waals surface area contributed by atoms with Gasteiger partial charge in [-0.05, 0) is 61.9 Å². The molecule has 0 bridgehead atoms. The molecule has 142 valence electrons. The Labute approximate surface area is 157 Å². The lowest BCUT2D eigenvalue weighted by Crippen LogP contribution is -2.40. The fourth-order valence-electron chi connectivity index (χ4n) is 3.40. The third-order valence-corrected chi connectivity index (χ3v) is 4.88. The molecule has 0 unspecified atom stereocenters. The predicted octanol–water partition coefficient (Wildman–Crippen LogP) is 3.20. The number of anilines is 1. The van der Waals surface area contributed by atoms with Crippen molar-refractivity contribution < 1.29 is 14.0 Å². The van der Waals surface area contributed by atoms with E-state index in [9.17, 15) is 14.0 Å². The van der Waals surface area contributed by atoms with Crippen LogP contribution in [0.1, 0.15) is 41.6 Å². The topological polar surface area (TPSA) is 75.2 Å². The number of amides is 2. The van der Waals surface area contributed by atoms with Crippen molar-refractivity contribution in [2.45, 2.75) is 32.6 Å². The number of nitrogens with zero attached hydrogens (tertiary/aromatic N) is 3. The van der Waals surface area contributed by atoms with Crippen LogP contribution in [0.2, 0.25) is 0 Å². The number of hydrogen-bond donors (Lipinski definition) is 1. The van der Waals surface area contributed by atoms with Crippen LogP contribution >= 0.6 is 0 Å². The number of benzene rings is 1. The van der Waals surface area contributed by atoms with E-state index in [0.717, 1.165) is 19.4 Å². The monoisotopic (exact) mass is 370 g/mol. The number of halogens is 1. The summed E-state index contributed by atoms with van der Waals surface area (Å²) in [5.41, 5.74) is 1.87. The summed E-state index contributed by atoms with van der Waals surface area (Å²) < 4.78 is 13.1. The number of hydrogen-bond acceptors (Lipinski definition) is 4. The first kappa shape index (κ1) is 18.9. The van der Waals surface area contributed by atoms with Gasteiger partial charge in [0.1, 0.15) is 5.82 Å². The maximum Gasteiger partial charge on any atom is 0.255 e. The van der Waals surface area contributed by atoms with E-state index in [2.05, 4.69) is 15.5 Å². The number of likely N-dealkylation sites (tertiary alicyclic amines) is 1. The molecule has 1 atom stereocenters. The van der Waals surface area contributed by atoms with Crippen molar-refractivity contribution in [3.05, 3.63) is 53.6 Å². The van der Waals surface area contributed by atoms with E-state index in [1.54, 1.807) is 19.1 Å². The van der Waals surface area contributed by atoms with Gasteiger partial charge in [-0.15, -0.1) is 0 Å². The molecule has 7 heteroatoms. The zero-order valence-electron chi connectivity index (χ0n) is 15.3. The molecular formula is C20H23FN4O2. The fraction of sp³-hybridized carbons (Fsp3) is 0.400. The Kier molecular flexibility index (Phi) is 6.11. The number of aryl methyl sites for hydroxylation is 1. The van der Waals surface area contributed by atoms with Crippen molar-refractivity contribution in [3.63, 3.8) is 0 Å². The molecule has 1 N–H and O–H groups in total. The van der Waals surface area contributed by atoms with Gasteiger partial charge in [-0.25, -0.2) is 4.39 Å². The minimum absolute atomic E-state index is 0.0408. The average Bonchev–Trinajstić information content (AvgIpc) is 2.69. The van der Waals surface area contributed by atoms with Crippen molar-refractivity contribution in [2.75, 3.05) is 18.4 Å². The first-order valence-corrected chi connectivity index (χ1v) is 9.15. The zero-order chi connectivity index (χ0) is 19.2. The number of rotatable bonds is 5. The third-order valence-electron chi connectivity index (χ3n) is 4.88. The van der Waals surface area contributed by atoms with Crippen LogP contribution in [0.5, 0.6) is 0 Å². The third kappa shape index (κ3) is 5.09. The Morgan fingerprint density at radius 3 is 2.89 bits per heavy atom. The van der Waals surface area contributed by atoms with Crippen molar-refractivity contribution in [1.82, 2.24) is 15.1 Å². The molecule has 0 saturated carbocycles. The molecule has 0 aliphatic carbocycles. The summed E-state index contributed by atoms with van der Waals surface area (Å²) in [6.07, 6.45) is 6.00. The first-order chi connectivity index (χ1) is 13.0. The number of carbonyl (C=O) groups excluding carboxylic acids is 2. The highest BCUT2D eigenvalue weighted by Crippen LogP contribution is 2.23. The van der Waals surface area contributed by atoms with Gasteiger partial charge in [0.05, 0.1) is 18.0 Å². The molecular weight excluding hydrogens is 347 g/mol. The number of carbonyl (C=O) groups is 2. The summed E-state index contributed by atoms with van der Waals surface area (Å²) in [5.74, 6) is -0.160. The molecule has 0 spiro atoms. The maximum absolute atomic E-state index is 13.1. The molecule has 1 fully saturated rings. The Balaban J connectivity index is 1.50. The van der Waals surface area contributed by atoms with E-state index in [-0.39, 0.29) is 23.5 Å². The van der Waals surface area contributed by atoms with Gasteiger partial charge in [0.25, 0.3) is 5.91 Å². The molecule has 27 heavy (non-hydrogen) atoms. The second kappa shape index (κ2) is 8.70. The lowest BCUT2D eigenvalue weighted by Gasteiger charge is -2.32. The summed E-state index contributed by atoms with van der Waals surface area (Å²) in [4.78, 5) is 26.6. The first-order valence-electron chi connectivity index (χ1n) is 9.15. The number of piperidine rings is 1. The van der Waals surface area contributed by atoms with Crippen molar-refractivity contribution in [1.29, 1.82) is 0 Å². The highest BCUT2D eigenvalue weighted by Gasteiger charge is 2.25. The summed E-state index contributed by atoms with van der Waals surface area (Å²) >= 11 is 0. The molecule has 2 aromatic rings. The minimum Gasteiger partial charge on any atom is -0.338 e. The van der Waals surface area contributed by atoms with Crippen LogP contribution in [0.15, 0.2) is 36.7 Å². The van der Waals surface area contributed by atoms with Gasteiger partial charge in [-0.3, -0.25) is 9.59 Å². The molecule has 2 amide bonds. The lowest BCUT2D eigenvalue weighted by atomic mass is 9.93. The van der Waals surface area contributed by atoms with Crippen LogP contribution in [0.4, 0.5) is 10.1 Å². The molecule has 1 aromatic carbocycles. The molecule has 1 aliphatic heterocycles. The number of aromatic nitrogens is 2. The van der Waals surface area contributed by atoms with Crippen molar-refractivity contribution >= 4 is 17.5 Å². The SMILES string of the molecule is Cc1cc(F)ccc1NC(=O)CC[C@@H]1CCCN(C(=O)c2ccnnc2)C1. The summed E-state index contributed by atoms with van der Waals surface area (Å²) in [5, 5.41) is 10.3. The number of nitrogens with one attached hydrogen (secondary N) is 1. The Morgan fingerprint density at radius 2 is 2.15 bits per heavy atom. The average molecular weight is 370 g/mol. The van der Waals surface area contributed by atoms with E-state index >= 15 is 0 Å². The molecule has 3 rings (SSSR count). The van der Waals surface area contributed by atoms with Gasteiger partial charge in [-0.2, -0.15) is 10.2 Å². The second-order valence-corrected chi connectivity index (χ2v) is 6.94. The highest BCUT2D eigenvalue weighted by molar-refractivity contribution is 5.94. The summed E-state index contributed by atoms with van der Waals surface area (Å²) in [6, 6.07) is 5.97. The molecule has 0 radical (unpaired) electrons. The molecule has 1 aliphatic rings. The van der Waals surface area contributed by atoms with Crippen LogP contribution in [-0.2, 0) is 4.79 Å².